The molecule has 2 aromatic rings. The predicted molar refractivity (Wildman–Crippen MR) is 69.7 cm³/mol. The summed E-state index contributed by atoms with van der Waals surface area (Å²) in [5.74, 6) is -1.12. The summed E-state index contributed by atoms with van der Waals surface area (Å²) in [6.07, 6.45) is 4.28. The van der Waals surface area contributed by atoms with E-state index in [0.29, 0.717) is 5.56 Å². The van der Waals surface area contributed by atoms with Gasteiger partial charge in [-0.3, -0.25) is 0 Å². The first-order chi connectivity index (χ1) is 9.13. The monoisotopic (exact) mass is 265 g/mol. The molecule has 0 fully saturated rings. The molecular formula is C14H17F2N3. The van der Waals surface area contributed by atoms with E-state index in [1.54, 1.807) is 12.5 Å². The minimum atomic E-state index is -0.569. The highest BCUT2D eigenvalue weighted by Gasteiger charge is 2.20. The molecule has 0 bridgehead atoms. The van der Waals surface area contributed by atoms with Crippen LogP contribution in [-0.2, 0) is 7.05 Å². The number of aryl methyl sites for hydroxylation is 1. The van der Waals surface area contributed by atoms with Crippen molar-refractivity contribution in [3.8, 4) is 0 Å². The summed E-state index contributed by atoms with van der Waals surface area (Å²) < 4.78 is 28.8. The zero-order valence-corrected chi connectivity index (χ0v) is 11.0. The zero-order chi connectivity index (χ0) is 13.8. The van der Waals surface area contributed by atoms with Crippen LogP contribution in [0.15, 0.2) is 30.7 Å². The lowest BCUT2D eigenvalue weighted by atomic mass is 10.0. The second-order valence-electron chi connectivity index (χ2n) is 4.48. The van der Waals surface area contributed by atoms with Gasteiger partial charge in [0, 0.05) is 18.7 Å². The normalized spacial score (nSPS) is 12.6. The quantitative estimate of drug-likeness (QED) is 0.901. The lowest BCUT2D eigenvalue weighted by Gasteiger charge is -2.20. The van der Waals surface area contributed by atoms with Gasteiger partial charge >= 0.3 is 0 Å². The van der Waals surface area contributed by atoms with Crippen LogP contribution in [0.4, 0.5) is 8.78 Å². The molecule has 0 saturated carbocycles. The number of nitrogens with zero attached hydrogens (tertiary/aromatic N) is 2. The second kappa shape index (κ2) is 5.93. The Bertz CT molecular complexity index is 551. The largest absolute Gasteiger partial charge is 0.336 e. The van der Waals surface area contributed by atoms with Crippen molar-refractivity contribution in [3.63, 3.8) is 0 Å². The van der Waals surface area contributed by atoms with Crippen LogP contribution in [0.2, 0.25) is 0 Å². The van der Waals surface area contributed by atoms with E-state index in [0.717, 1.165) is 24.7 Å². The zero-order valence-electron chi connectivity index (χ0n) is 11.0. The molecule has 1 aromatic carbocycles. The molecule has 1 heterocycles. The van der Waals surface area contributed by atoms with Crippen LogP contribution in [0.25, 0.3) is 0 Å². The number of rotatable bonds is 5. The summed E-state index contributed by atoms with van der Waals surface area (Å²) in [7, 11) is 1.85. The lowest BCUT2D eigenvalue weighted by molar-refractivity contribution is 0.519. The Labute approximate surface area is 111 Å². The Morgan fingerprint density at radius 3 is 2.74 bits per heavy atom. The molecule has 0 aliphatic carbocycles. The Morgan fingerprint density at radius 2 is 2.16 bits per heavy atom. The van der Waals surface area contributed by atoms with Crippen LogP contribution < -0.4 is 5.32 Å². The summed E-state index contributed by atoms with van der Waals surface area (Å²) in [5, 5.41) is 3.27. The van der Waals surface area contributed by atoms with Gasteiger partial charge in [0.15, 0.2) is 0 Å². The topological polar surface area (TPSA) is 29.9 Å². The van der Waals surface area contributed by atoms with Crippen LogP contribution in [0.3, 0.4) is 0 Å². The highest BCUT2D eigenvalue weighted by atomic mass is 19.1. The molecule has 3 nitrogen and oxygen atoms in total. The molecule has 0 aliphatic rings. The van der Waals surface area contributed by atoms with E-state index in [1.807, 2.05) is 18.5 Å². The molecule has 5 heteroatoms. The first-order valence-corrected chi connectivity index (χ1v) is 6.28. The van der Waals surface area contributed by atoms with Crippen molar-refractivity contribution in [1.82, 2.24) is 14.9 Å². The standard InChI is InChI=1S/C14H17F2N3/c1-3-6-18-14(13-8-17-9-19(13)2)11-5-4-10(15)7-12(11)16/h4-5,7-9,14,18H,3,6H2,1-2H3. The molecule has 2 rings (SSSR count). The minimum Gasteiger partial charge on any atom is -0.336 e. The SMILES string of the molecule is CCCNC(c1ccc(F)cc1F)c1cncn1C. The Hall–Kier alpha value is -1.75. The predicted octanol–water partition coefficient (Wildman–Crippen LogP) is 2.79. The third kappa shape index (κ3) is 2.98. The van der Waals surface area contributed by atoms with Crippen LogP contribution in [0.5, 0.6) is 0 Å². The van der Waals surface area contributed by atoms with E-state index in [9.17, 15) is 8.78 Å². The van der Waals surface area contributed by atoms with Crippen LogP contribution in [-0.4, -0.2) is 16.1 Å². The molecule has 1 N–H and O–H groups in total. The van der Waals surface area contributed by atoms with Crippen molar-refractivity contribution >= 4 is 0 Å². The van der Waals surface area contributed by atoms with E-state index in [-0.39, 0.29) is 6.04 Å². The van der Waals surface area contributed by atoms with Gasteiger partial charge in [0.1, 0.15) is 11.6 Å². The molecule has 0 spiro atoms. The summed E-state index contributed by atoms with van der Waals surface area (Å²) >= 11 is 0. The fraction of sp³-hybridized carbons (Fsp3) is 0.357. The third-order valence-corrected chi connectivity index (χ3v) is 3.02. The van der Waals surface area contributed by atoms with Crippen LogP contribution >= 0.6 is 0 Å². The third-order valence-electron chi connectivity index (χ3n) is 3.02. The van der Waals surface area contributed by atoms with E-state index in [2.05, 4.69) is 10.3 Å². The number of hydrogen-bond acceptors (Lipinski definition) is 2. The summed E-state index contributed by atoms with van der Waals surface area (Å²) in [6.45, 7) is 2.78. The Morgan fingerprint density at radius 1 is 1.37 bits per heavy atom. The molecule has 1 atom stereocenters. The maximum Gasteiger partial charge on any atom is 0.131 e. The molecule has 1 aromatic heterocycles. The fourth-order valence-electron chi connectivity index (χ4n) is 2.04. The van der Waals surface area contributed by atoms with Crippen molar-refractivity contribution in [1.29, 1.82) is 0 Å². The Kier molecular flexibility index (Phi) is 4.27. The van der Waals surface area contributed by atoms with E-state index < -0.39 is 11.6 Å². The highest BCUT2D eigenvalue weighted by molar-refractivity contribution is 5.29. The molecule has 0 aliphatic heterocycles. The van der Waals surface area contributed by atoms with Gasteiger partial charge in [0.05, 0.1) is 24.3 Å². The van der Waals surface area contributed by atoms with Gasteiger partial charge in [0.2, 0.25) is 0 Å². The number of aromatic nitrogens is 2. The van der Waals surface area contributed by atoms with E-state index in [1.165, 1.54) is 12.1 Å². The fourth-order valence-corrected chi connectivity index (χ4v) is 2.04. The first-order valence-electron chi connectivity index (χ1n) is 6.28. The minimum absolute atomic E-state index is 0.326. The summed E-state index contributed by atoms with van der Waals surface area (Å²) in [4.78, 5) is 4.05. The number of imidazole rings is 1. The van der Waals surface area contributed by atoms with E-state index in [4.69, 9.17) is 0 Å². The van der Waals surface area contributed by atoms with Gasteiger partial charge < -0.3 is 9.88 Å². The van der Waals surface area contributed by atoms with Gasteiger partial charge in [-0.25, -0.2) is 13.8 Å². The molecular weight excluding hydrogens is 248 g/mol. The summed E-state index contributed by atoms with van der Waals surface area (Å²) in [6, 6.07) is 3.33. The van der Waals surface area contributed by atoms with Crippen molar-refractivity contribution in [2.75, 3.05) is 6.54 Å². The van der Waals surface area contributed by atoms with Crippen molar-refractivity contribution in [2.45, 2.75) is 19.4 Å². The second-order valence-corrected chi connectivity index (χ2v) is 4.48. The van der Waals surface area contributed by atoms with Gasteiger partial charge in [-0.05, 0) is 19.0 Å². The van der Waals surface area contributed by atoms with Gasteiger partial charge in [0.25, 0.3) is 0 Å². The highest BCUT2D eigenvalue weighted by Crippen LogP contribution is 2.24. The van der Waals surface area contributed by atoms with Gasteiger partial charge in [-0.15, -0.1) is 0 Å². The number of benzene rings is 1. The Balaban J connectivity index is 2.40. The maximum absolute atomic E-state index is 13.9. The molecule has 0 radical (unpaired) electrons. The van der Waals surface area contributed by atoms with Crippen LogP contribution in [0.1, 0.15) is 30.6 Å². The van der Waals surface area contributed by atoms with Crippen LogP contribution in [0, 0.1) is 11.6 Å². The number of nitrogens with one attached hydrogen (secondary N) is 1. The van der Waals surface area contributed by atoms with Crippen molar-refractivity contribution < 1.29 is 8.78 Å². The molecule has 102 valence electrons. The number of hydrogen-bond donors (Lipinski definition) is 1. The smallest absolute Gasteiger partial charge is 0.131 e. The van der Waals surface area contributed by atoms with Crippen molar-refractivity contribution in [3.05, 3.63) is 53.6 Å². The number of halogens is 2. The molecule has 19 heavy (non-hydrogen) atoms. The maximum atomic E-state index is 13.9. The summed E-state index contributed by atoms with van der Waals surface area (Å²) in [5.41, 5.74) is 1.28. The van der Waals surface area contributed by atoms with Crippen molar-refractivity contribution in [2.24, 2.45) is 7.05 Å². The lowest BCUT2D eigenvalue weighted by Crippen LogP contribution is -2.25. The van der Waals surface area contributed by atoms with Gasteiger partial charge in [-0.2, -0.15) is 0 Å². The van der Waals surface area contributed by atoms with E-state index >= 15 is 0 Å². The average Bonchev–Trinajstić information content (AvgIpc) is 2.78. The van der Waals surface area contributed by atoms with Gasteiger partial charge in [-0.1, -0.05) is 13.0 Å². The first kappa shape index (κ1) is 13.7. The molecule has 1 unspecified atom stereocenters. The molecule has 0 saturated heterocycles. The molecule has 0 amide bonds. The average molecular weight is 265 g/mol.